The minimum atomic E-state index is -4.51. The van der Waals surface area contributed by atoms with Gasteiger partial charge < -0.3 is 15.7 Å². The van der Waals surface area contributed by atoms with Gasteiger partial charge in [0, 0.05) is 5.56 Å². The Morgan fingerprint density at radius 2 is 1.80 bits per heavy atom. The van der Waals surface area contributed by atoms with Crippen LogP contribution in [0.3, 0.4) is 0 Å². The summed E-state index contributed by atoms with van der Waals surface area (Å²) in [5, 5.41) is 13.4. The van der Waals surface area contributed by atoms with Crippen LogP contribution in [0.5, 0.6) is 0 Å². The smallest absolute Gasteiger partial charge is 0.416 e. The topological polar surface area (TPSA) is 95.5 Å². The van der Waals surface area contributed by atoms with Crippen molar-refractivity contribution in [1.29, 1.82) is 0 Å². The Hall–Kier alpha value is -2.84. The van der Waals surface area contributed by atoms with Crippen LogP contribution in [-0.4, -0.2) is 35.5 Å². The summed E-state index contributed by atoms with van der Waals surface area (Å²) in [7, 11) is 0. The van der Waals surface area contributed by atoms with Crippen LogP contribution < -0.4 is 10.6 Å². The summed E-state index contributed by atoms with van der Waals surface area (Å²) in [6.07, 6.45) is -2.47. The highest BCUT2D eigenvalue weighted by Gasteiger charge is 2.30. The number of aliphatic carboxylic acids is 1. The van der Waals surface area contributed by atoms with Crippen molar-refractivity contribution in [1.82, 2.24) is 10.6 Å². The van der Waals surface area contributed by atoms with Crippen LogP contribution in [0.25, 0.3) is 0 Å². The van der Waals surface area contributed by atoms with E-state index in [0.29, 0.717) is 6.42 Å². The quantitative estimate of drug-likeness (QED) is 0.619. The summed E-state index contributed by atoms with van der Waals surface area (Å²) >= 11 is 0. The zero-order valence-corrected chi connectivity index (χ0v) is 13.1. The average Bonchev–Trinajstić information content (AvgIpc) is 2.55. The van der Waals surface area contributed by atoms with E-state index in [1.807, 2.05) is 0 Å². The first kappa shape index (κ1) is 20.2. The lowest BCUT2D eigenvalue weighted by Gasteiger charge is -2.14. The van der Waals surface area contributed by atoms with Crippen LogP contribution in [0.15, 0.2) is 36.9 Å². The summed E-state index contributed by atoms with van der Waals surface area (Å²) in [6, 6.07) is 2.36. The van der Waals surface area contributed by atoms with Gasteiger partial charge in [-0.15, -0.1) is 6.58 Å². The van der Waals surface area contributed by atoms with E-state index >= 15 is 0 Å². The van der Waals surface area contributed by atoms with Crippen molar-refractivity contribution in [2.24, 2.45) is 0 Å². The van der Waals surface area contributed by atoms with Gasteiger partial charge in [-0.3, -0.25) is 9.59 Å². The average molecular weight is 358 g/mol. The van der Waals surface area contributed by atoms with E-state index in [2.05, 4.69) is 17.2 Å². The number of hydrogen-bond acceptors (Lipinski definition) is 3. The van der Waals surface area contributed by atoms with E-state index in [0.717, 1.165) is 24.3 Å². The van der Waals surface area contributed by atoms with Crippen LogP contribution >= 0.6 is 0 Å². The van der Waals surface area contributed by atoms with Gasteiger partial charge >= 0.3 is 12.1 Å². The zero-order valence-electron chi connectivity index (χ0n) is 13.1. The molecule has 2 amide bonds. The zero-order chi connectivity index (χ0) is 19.0. The number of carboxylic acid groups (broad SMARTS) is 1. The fourth-order valence-electron chi connectivity index (χ4n) is 1.86. The fourth-order valence-corrected chi connectivity index (χ4v) is 1.86. The Morgan fingerprint density at radius 3 is 2.28 bits per heavy atom. The molecule has 0 aliphatic heterocycles. The number of benzene rings is 1. The summed E-state index contributed by atoms with van der Waals surface area (Å²) < 4.78 is 37.3. The second-order valence-electron chi connectivity index (χ2n) is 5.08. The largest absolute Gasteiger partial charge is 0.480 e. The highest BCUT2D eigenvalue weighted by atomic mass is 19.4. The number of rotatable bonds is 8. The Bertz CT molecular complexity index is 642. The molecule has 9 heteroatoms. The lowest BCUT2D eigenvalue weighted by atomic mass is 10.1. The highest BCUT2D eigenvalue weighted by Crippen LogP contribution is 2.28. The highest BCUT2D eigenvalue weighted by molar-refractivity contribution is 5.96. The number of carbonyl (C=O) groups excluding carboxylic acids is 2. The number of alkyl halides is 3. The molecule has 0 radical (unpaired) electrons. The van der Waals surface area contributed by atoms with Crippen molar-refractivity contribution >= 4 is 17.8 Å². The maximum atomic E-state index is 12.4. The van der Waals surface area contributed by atoms with Crippen LogP contribution in [0.4, 0.5) is 13.2 Å². The van der Waals surface area contributed by atoms with Crippen LogP contribution in [0, 0.1) is 0 Å². The molecule has 0 aromatic heterocycles. The number of amides is 2. The first-order chi connectivity index (χ1) is 11.6. The van der Waals surface area contributed by atoms with E-state index in [4.69, 9.17) is 5.11 Å². The summed E-state index contributed by atoms with van der Waals surface area (Å²) in [5.41, 5.74) is -0.949. The maximum Gasteiger partial charge on any atom is 0.416 e. The lowest BCUT2D eigenvalue weighted by molar-refractivity contribution is -0.141. The van der Waals surface area contributed by atoms with Gasteiger partial charge in [0.1, 0.15) is 6.04 Å². The summed E-state index contributed by atoms with van der Waals surface area (Å²) in [4.78, 5) is 34.5. The first-order valence-electron chi connectivity index (χ1n) is 7.23. The molecule has 0 aliphatic carbocycles. The SMILES string of the molecule is C=CCCC(NC(=O)CNC(=O)c1ccc(C(F)(F)F)cc1)C(=O)O. The number of carbonyl (C=O) groups is 3. The number of hydrogen-bond donors (Lipinski definition) is 3. The molecule has 3 N–H and O–H groups in total. The van der Waals surface area contributed by atoms with Crippen molar-refractivity contribution in [2.75, 3.05) is 6.54 Å². The number of nitrogens with one attached hydrogen (secondary N) is 2. The van der Waals surface area contributed by atoms with E-state index in [9.17, 15) is 27.6 Å². The molecule has 1 unspecified atom stereocenters. The first-order valence-corrected chi connectivity index (χ1v) is 7.23. The molecule has 136 valence electrons. The van der Waals surface area contributed by atoms with Crippen LogP contribution in [-0.2, 0) is 15.8 Å². The molecule has 0 saturated heterocycles. The van der Waals surface area contributed by atoms with Gasteiger partial charge in [0.25, 0.3) is 5.91 Å². The van der Waals surface area contributed by atoms with Gasteiger partial charge in [-0.05, 0) is 37.1 Å². The second kappa shape index (κ2) is 8.86. The molecule has 0 saturated carbocycles. The normalized spacial score (nSPS) is 12.1. The van der Waals surface area contributed by atoms with Gasteiger partial charge in [0.15, 0.2) is 0 Å². The Kier molecular flexibility index (Phi) is 7.16. The molecule has 0 fully saturated rings. The molecule has 1 atom stereocenters. The molecular formula is C16H17F3N2O4. The van der Waals surface area contributed by atoms with E-state index < -0.39 is 42.1 Å². The predicted molar refractivity (Wildman–Crippen MR) is 82.8 cm³/mol. The second-order valence-corrected chi connectivity index (χ2v) is 5.08. The molecule has 1 aromatic rings. The third-order valence-corrected chi connectivity index (χ3v) is 3.18. The Morgan fingerprint density at radius 1 is 1.20 bits per heavy atom. The van der Waals surface area contributed by atoms with Crippen LogP contribution in [0.1, 0.15) is 28.8 Å². The lowest BCUT2D eigenvalue weighted by Crippen LogP contribution is -2.45. The van der Waals surface area contributed by atoms with Crippen molar-refractivity contribution in [3.8, 4) is 0 Å². The molecule has 1 aromatic carbocycles. The molecule has 0 bridgehead atoms. The molecule has 0 spiro atoms. The van der Waals surface area contributed by atoms with Gasteiger partial charge in [0.2, 0.25) is 5.91 Å². The van der Waals surface area contributed by atoms with Crippen molar-refractivity contribution in [3.63, 3.8) is 0 Å². The summed E-state index contributed by atoms with van der Waals surface area (Å²) in [5.74, 6) is -2.69. The van der Waals surface area contributed by atoms with E-state index in [1.165, 1.54) is 6.08 Å². The molecule has 25 heavy (non-hydrogen) atoms. The number of halogens is 3. The minimum Gasteiger partial charge on any atom is -0.480 e. The monoisotopic (exact) mass is 358 g/mol. The van der Waals surface area contributed by atoms with Gasteiger partial charge in [-0.25, -0.2) is 4.79 Å². The molecular weight excluding hydrogens is 341 g/mol. The number of allylic oxidation sites excluding steroid dienone is 1. The van der Waals surface area contributed by atoms with Crippen molar-refractivity contribution in [3.05, 3.63) is 48.0 Å². The molecule has 6 nitrogen and oxygen atoms in total. The standard InChI is InChI=1S/C16H17F3N2O4/c1-2-3-4-12(15(24)25)21-13(22)9-20-14(23)10-5-7-11(8-6-10)16(17,18)19/h2,5-8,12H,1,3-4,9H2,(H,20,23)(H,21,22)(H,24,25). The Balaban J connectivity index is 2.56. The van der Waals surface area contributed by atoms with Gasteiger partial charge in [-0.2, -0.15) is 13.2 Å². The fraction of sp³-hybridized carbons (Fsp3) is 0.312. The Labute approximate surface area is 141 Å². The third kappa shape index (κ3) is 6.66. The summed E-state index contributed by atoms with van der Waals surface area (Å²) in [6.45, 7) is 2.95. The third-order valence-electron chi connectivity index (χ3n) is 3.18. The minimum absolute atomic E-state index is 0.0535. The molecule has 1 rings (SSSR count). The van der Waals surface area contributed by atoms with E-state index in [1.54, 1.807) is 0 Å². The van der Waals surface area contributed by atoms with E-state index in [-0.39, 0.29) is 12.0 Å². The van der Waals surface area contributed by atoms with Gasteiger partial charge in [0.05, 0.1) is 12.1 Å². The van der Waals surface area contributed by atoms with Crippen molar-refractivity contribution in [2.45, 2.75) is 25.1 Å². The maximum absolute atomic E-state index is 12.4. The van der Waals surface area contributed by atoms with Crippen molar-refractivity contribution < 1.29 is 32.7 Å². The van der Waals surface area contributed by atoms with Crippen LogP contribution in [0.2, 0.25) is 0 Å². The molecule has 0 aliphatic rings. The predicted octanol–water partition coefficient (Wildman–Crippen LogP) is 1.97. The van der Waals surface area contributed by atoms with Gasteiger partial charge in [-0.1, -0.05) is 6.08 Å². The number of carboxylic acids is 1. The molecule has 0 heterocycles.